The van der Waals surface area contributed by atoms with Gasteiger partial charge in [-0.15, -0.1) is 0 Å². The van der Waals surface area contributed by atoms with Crippen molar-refractivity contribution in [1.82, 2.24) is 4.57 Å². The van der Waals surface area contributed by atoms with Crippen molar-refractivity contribution in [3.05, 3.63) is 102 Å². The normalized spacial score (nSPS) is 14.8. The number of nitriles is 1. The van der Waals surface area contributed by atoms with Gasteiger partial charge in [-0.25, -0.2) is 9.79 Å². The van der Waals surface area contributed by atoms with E-state index in [1.165, 1.54) is 30.1 Å². The van der Waals surface area contributed by atoms with E-state index in [1.807, 2.05) is 6.07 Å². The van der Waals surface area contributed by atoms with Crippen LogP contribution < -0.4 is 24.4 Å². The van der Waals surface area contributed by atoms with Crippen LogP contribution in [0.25, 0.3) is 17.4 Å². The zero-order chi connectivity index (χ0) is 28.4. The van der Waals surface area contributed by atoms with Crippen LogP contribution in [0.1, 0.15) is 36.8 Å². The summed E-state index contributed by atoms with van der Waals surface area (Å²) in [7, 11) is 3.06. The molecule has 3 heterocycles. The molecule has 0 bridgehead atoms. The molecule has 202 valence electrons. The summed E-state index contributed by atoms with van der Waals surface area (Å²) in [5, 5.41) is 9.44. The largest absolute Gasteiger partial charge is 0.493 e. The Kier molecular flexibility index (Phi) is 7.40. The van der Waals surface area contributed by atoms with Crippen LogP contribution >= 0.6 is 11.3 Å². The summed E-state index contributed by atoms with van der Waals surface area (Å²) in [6, 6.07) is 17.2. The summed E-state index contributed by atoms with van der Waals surface area (Å²) in [6.07, 6.45) is 1.64. The van der Waals surface area contributed by atoms with Crippen LogP contribution in [0, 0.1) is 11.3 Å². The molecule has 10 heteroatoms. The molecule has 0 N–H and O–H groups in total. The number of carbonyl (C=O) groups is 1. The Balaban J connectivity index is 1.66. The lowest BCUT2D eigenvalue weighted by Crippen LogP contribution is -2.39. The molecule has 2 aromatic heterocycles. The molecule has 5 rings (SSSR count). The molecule has 0 saturated heterocycles. The summed E-state index contributed by atoms with van der Waals surface area (Å²) in [4.78, 5) is 32.0. The predicted octanol–water partition coefficient (Wildman–Crippen LogP) is 3.95. The van der Waals surface area contributed by atoms with Crippen LogP contribution in [0.2, 0.25) is 0 Å². The molecule has 1 aliphatic rings. The number of carbonyl (C=O) groups excluding carboxylic acids is 1. The third-order valence-electron chi connectivity index (χ3n) is 6.45. The van der Waals surface area contributed by atoms with Gasteiger partial charge in [-0.3, -0.25) is 9.36 Å². The SMILES string of the molecule is CCOC(=O)C1=C(C)N=c2s/c(=C\c3ccc(-c4ccccc4C#N)o3)c(=O)n2[C@H]1c1ccc(OC)c(OC)c1. The van der Waals surface area contributed by atoms with Gasteiger partial charge < -0.3 is 18.6 Å². The van der Waals surface area contributed by atoms with E-state index in [-0.39, 0.29) is 17.7 Å². The third-order valence-corrected chi connectivity index (χ3v) is 7.44. The van der Waals surface area contributed by atoms with Gasteiger partial charge in [0.15, 0.2) is 16.3 Å². The molecule has 0 aliphatic carbocycles. The number of allylic oxidation sites excluding steroid dienone is 1. The minimum atomic E-state index is -0.799. The van der Waals surface area contributed by atoms with Crippen LogP contribution in [-0.4, -0.2) is 31.4 Å². The number of aromatic nitrogens is 1. The number of nitrogens with zero attached hydrogens (tertiary/aromatic N) is 3. The van der Waals surface area contributed by atoms with E-state index in [2.05, 4.69) is 11.1 Å². The van der Waals surface area contributed by atoms with Gasteiger partial charge in [0.1, 0.15) is 11.5 Å². The van der Waals surface area contributed by atoms with Gasteiger partial charge in [-0.1, -0.05) is 29.5 Å². The maximum atomic E-state index is 13.9. The van der Waals surface area contributed by atoms with Gasteiger partial charge in [0.2, 0.25) is 0 Å². The summed E-state index contributed by atoms with van der Waals surface area (Å²) in [6.45, 7) is 3.62. The van der Waals surface area contributed by atoms with E-state index in [4.69, 9.17) is 18.6 Å². The maximum Gasteiger partial charge on any atom is 0.338 e. The molecular formula is C30H25N3O6S. The highest BCUT2D eigenvalue weighted by atomic mass is 32.1. The molecule has 4 aromatic rings. The summed E-state index contributed by atoms with van der Waals surface area (Å²) >= 11 is 1.19. The van der Waals surface area contributed by atoms with Gasteiger partial charge >= 0.3 is 5.97 Å². The van der Waals surface area contributed by atoms with Gasteiger partial charge in [0, 0.05) is 11.6 Å². The Morgan fingerprint density at radius 2 is 1.93 bits per heavy atom. The number of furan rings is 1. The molecule has 0 unspecified atom stereocenters. The number of fused-ring (bicyclic) bond motifs is 1. The minimum Gasteiger partial charge on any atom is -0.493 e. The van der Waals surface area contributed by atoms with Crippen molar-refractivity contribution in [2.45, 2.75) is 19.9 Å². The fourth-order valence-corrected chi connectivity index (χ4v) is 5.66. The topological polar surface area (TPSA) is 116 Å². The third kappa shape index (κ3) is 4.72. The number of ether oxygens (including phenoxy) is 3. The molecule has 0 fully saturated rings. The Labute approximate surface area is 233 Å². The number of hydrogen-bond donors (Lipinski definition) is 0. The van der Waals surface area contributed by atoms with Crippen molar-refractivity contribution in [2.75, 3.05) is 20.8 Å². The molecule has 0 saturated carbocycles. The second kappa shape index (κ2) is 11.1. The zero-order valence-electron chi connectivity index (χ0n) is 22.3. The highest BCUT2D eigenvalue weighted by Gasteiger charge is 2.34. The predicted molar refractivity (Wildman–Crippen MR) is 149 cm³/mol. The van der Waals surface area contributed by atoms with E-state index in [0.717, 1.165) is 0 Å². The molecular weight excluding hydrogens is 530 g/mol. The van der Waals surface area contributed by atoms with Crippen molar-refractivity contribution >= 4 is 23.4 Å². The van der Waals surface area contributed by atoms with Gasteiger partial charge in [0.05, 0.1) is 54.3 Å². The lowest BCUT2D eigenvalue weighted by Gasteiger charge is -2.25. The molecule has 0 amide bonds. The second-order valence-corrected chi connectivity index (χ2v) is 9.79. The lowest BCUT2D eigenvalue weighted by atomic mass is 9.95. The van der Waals surface area contributed by atoms with Crippen LogP contribution in [0.5, 0.6) is 11.5 Å². The first-order valence-corrected chi connectivity index (χ1v) is 13.2. The van der Waals surface area contributed by atoms with Crippen molar-refractivity contribution in [3.8, 4) is 28.9 Å². The van der Waals surface area contributed by atoms with Crippen LogP contribution in [0.4, 0.5) is 0 Å². The number of thiazole rings is 1. The number of esters is 1. The molecule has 1 atom stereocenters. The van der Waals surface area contributed by atoms with E-state index in [9.17, 15) is 14.9 Å². The monoisotopic (exact) mass is 555 g/mol. The number of rotatable bonds is 7. The van der Waals surface area contributed by atoms with Crippen molar-refractivity contribution in [1.29, 1.82) is 5.26 Å². The Morgan fingerprint density at radius 1 is 1.15 bits per heavy atom. The minimum absolute atomic E-state index is 0.175. The molecule has 9 nitrogen and oxygen atoms in total. The van der Waals surface area contributed by atoms with E-state index >= 15 is 0 Å². The summed E-state index contributed by atoms with van der Waals surface area (Å²) in [5.41, 5.74) is 2.17. The fourth-order valence-electron chi connectivity index (χ4n) is 4.63. The smallest absolute Gasteiger partial charge is 0.338 e. The number of hydrogen-bond acceptors (Lipinski definition) is 9. The first kappa shape index (κ1) is 26.7. The fraction of sp³-hybridized carbons (Fsp3) is 0.200. The number of benzene rings is 2. The van der Waals surface area contributed by atoms with Crippen molar-refractivity contribution < 1.29 is 23.4 Å². The Bertz CT molecular complexity index is 1870. The molecule has 2 aromatic carbocycles. The average Bonchev–Trinajstić information content (AvgIpc) is 3.55. The highest BCUT2D eigenvalue weighted by Crippen LogP contribution is 2.36. The Hall–Kier alpha value is -4.88. The molecule has 0 radical (unpaired) electrons. The van der Waals surface area contributed by atoms with Crippen LogP contribution in [-0.2, 0) is 9.53 Å². The van der Waals surface area contributed by atoms with E-state index in [0.29, 0.717) is 54.7 Å². The van der Waals surface area contributed by atoms with Gasteiger partial charge in [0.25, 0.3) is 5.56 Å². The quantitative estimate of drug-likeness (QED) is 0.317. The average molecular weight is 556 g/mol. The van der Waals surface area contributed by atoms with Crippen LogP contribution in [0.15, 0.2) is 80.1 Å². The zero-order valence-corrected chi connectivity index (χ0v) is 23.1. The van der Waals surface area contributed by atoms with E-state index < -0.39 is 12.0 Å². The second-order valence-electron chi connectivity index (χ2n) is 8.78. The molecule has 0 spiro atoms. The van der Waals surface area contributed by atoms with Gasteiger partial charge in [-0.05, 0) is 55.8 Å². The lowest BCUT2D eigenvalue weighted by molar-refractivity contribution is -0.139. The maximum absolute atomic E-state index is 13.9. The van der Waals surface area contributed by atoms with Gasteiger partial charge in [-0.2, -0.15) is 5.26 Å². The summed E-state index contributed by atoms with van der Waals surface area (Å²) in [5.74, 6) is 1.38. The Morgan fingerprint density at radius 3 is 2.65 bits per heavy atom. The van der Waals surface area contributed by atoms with Crippen molar-refractivity contribution in [2.24, 2.45) is 4.99 Å². The van der Waals surface area contributed by atoms with Crippen LogP contribution in [0.3, 0.4) is 0 Å². The standard InChI is InChI=1S/C30H25N3O6S/c1-5-38-29(35)26-17(2)32-30-33(27(26)18-10-12-23(36-3)24(14-18)37-4)28(34)25(40-30)15-20-11-13-22(39-20)21-9-7-6-8-19(21)16-31/h6-15,27H,5H2,1-4H3/b25-15-/t27-/m0/s1. The molecule has 1 aliphatic heterocycles. The summed E-state index contributed by atoms with van der Waals surface area (Å²) < 4.78 is 24.1. The first-order chi connectivity index (χ1) is 19.4. The first-order valence-electron chi connectivity index (χ1n) is 12.4. The molecule has 40 heavy (non-hydrogen) atoms. The number of methoxy groups -OCH3 is 2. The van der Waals surface area contributed by atoms with E-state index in [1.54, 1.807) is 68.5 Å². The van der Waals surface area contributed by atoms with Crippen molar-refractivity contribution in [3.63, 3.8) is 0 Å². The highest BCUT2D eigenvalue weighted by molar-refractivity contribution is 7.07.